The number of imide groups is 2. The summed E-state index contributed by atoms with van der Waals surface area (Å²) in [5, 5.41) is 12.0. The van der Waals surface area contributed by atoms with E-state index in [0.29, 0.717) is 42.6 Å². The Morgan fingerprint density at radius 2 is 1.51 bits per heavy atom. The first-order chi connectivity index (χ1) is 33.1. The number of nitrogens with one attached hydrogen (secondary N) is 4. The largest absolute Gasteiger partial charge is 0.376 e. The number of carbonyl (C=O) groups is 6. The average Bonchev–Trinajstić information content (AvgIpc) is 3.86. The predicted octanol–water partition coefficient (Wildman–Crippen LogP) is 4.04. The molecular formula is C50H54N12O6. The number of aromatic nitrogens is 4. The number of anilines is 4. The number of piperazine rings is 1. The molecule has 5 aromatic rings. The van der Waals surface area contributed by atoms with Crippen LogP contribution in [-0.2, 0) is 25.6 Å². The smallest absolute Gasteiger partial charge is 0.262 e. The summed E-state index contributed by atoms with van der Waals surface area (Å²) >= 11 is 0. The maximum atomic E-state index is 13.3. The molecule has 3 aromatic carbocycles. The topological polar surface area (TPSA) is 207 Å². The molecule has 1 spiro atoms. The molecule has 18 nitrogen and oxygen atoms in total. The van der Waals surface area contributed by atoms with Crippen molar-refractivity contribution in [2.45, 2.75) is 82.0 Å². The number of fused-ring (bicyclic) bond motifs is 2. The van der Waals surface area contributed by atoms with Crippen molar-refractivity contribution in [3.63, 3.8) is 0 Å². The van der Waals surface area contributed by atoms with Gasteiger partial charge in [0, 0.05) is 80.9 Å². The Morgan fingerprint density at radius 1 is 0.779 bits per heavy atom. The van der Waals surface area contributed by atoms with Gasteiger partial charge in [0.15, 0.2) is 17.0 Å². The van der Waals surface area contributed by atoms with Gasteiger partial charge in [0.25, 0.3) is 11.8 Å². The SMILES string of the molecule is O=C1CC[C@H](N2C(=O)c3ccc(NCC(=O)N4CCC5(CC4)CC(N4CCN(c6ccc(Nc7ncnc8c7ncn8C7CC(NC(=O)Cc8ccccc8)C7)cc6)CC4)C5)cc3C2=O)C(=O)N1. The molecule has 6 aliphatic rings. The summed E-state index contributed by atoms with van der Waals surface area (Å²) in [6.07, 6.45) is 9.89. The minimum atomic E-state index is -1.03. The molecule has 2 aromatic heterocycles. The fraction of sp³-hybridized carbons (Fsp3) is 0.420. The van der Waals surface area contributed by atoms with Gasteiger partial charge in [-0.3, -0.25) is 43.9 Å². The van der Waals surface area contributed by atoms with E-state index < -0.39 is 29.7 Å². The number of piperidine rings is 2. The summed E-state index contributed by atoms with van der Waals surface area (Å²) in [6, 6.07) is 22.9. The molecule has 1 atom stereocenters. The minimum Gasteiger partial charge on any atom is -0.376 e. The van der Waals surface area contributed by atoms with E-state index in [1.54, 1.807) is 24.5 Å². The van der Waals surface area contributed by atoms with Crippen LogP contribution < -0.4 is 26.2 Å². The van der Waals surface area contributed by atoms with Crippen molar-refractivity contribution in [1.82, 2.24) is 44.9 Å². The maximum absolute atomic E-state index is 13.3. The molecule has 2 aliphatic carbocycles. The van der Waals surface area contributed by atoms with Gasteiger partial charge in [-0.05, 0) is 98.4 Å². The zero-order valence-corrected chi connectivity index (χ0v) is 37.7. The van der Waals surface area contributed by atoms with Crippen LogP contribution in [0, 0.1) is 5.41 Å². The second-order valence-corrected chi connectivity index (χ2v) is 19.3. The maximum Gasteiger partial charge on any atom is 0.262 e. The van der Waals surface area contributed by atoms with Gasteiger partial charge in [-0.15, -0.1) is 0 Å². The second kappa shape index (κ2) is 17.8. The summed E-state index contributed by atoms with van der Waals surface area (Å²) in [7, 11) is 0. The van der Waals surface area contributed by atoms with Crippen LogP contribution in [0.2, 0.25) is 0 Å². The number of benzene rings is 3. The van der Waals surface area contributed by atoms with Crippen LogP contribution >= 0.6 is 0 Å². The third-order valence-electron chi connectivity index (χ3n) is 15.2. The Labute approximate surface area is 392 Å². The molecule has 2 saturated carbocycles. The molecule has 0 bridgehead atoms. The number of rotatable bonds is 12. The lowest BCUT2D eigenvalue weighted by molar-refractivity contribution is -0.136. The van der Waals surface area contributed by atoms with Crippen LogP contribution in [0.1, 0.15) is 83.7 Å². The Morgan fingerprint density at radius 3 is 2.26 bits per heavy atom. The zero-order chi connectivity index (χ0) is 46.5. The van der Waals surface area contributed by atoms with Crippen molar-refractivity contribution in [1.29, 1.82) is 0 Å². The number of carbonyl (C=O) groups excluding carboxylic acids is 6. The van der Waals surface area contributed by atoms with Crippen molar-refractivity contribution in [2.75, 3.05) is 61.3 Å². The van der Waals surface area contributed by atoms with E-state index in [0.717, 1.165) is 86.5 Å². The highest BCUT2D eigenvalue weighted by molar-refractivity contribution is 6.23. The third kappa shape index (κ3) is 8.41. The van der Waals surface area contributed by atoms with Crippen LogP contribution in [0.25, 0.3) is 11.2 Å². The fourth-order valence-corrected chi connectivity index (χ4v) is 11.1. The molecule has 18 heteroatoms. The van der Waals surface area contributed by atoms with Crippen molar-refractivity contribution in [2.24, 2.45) is 5.41 Å². The molecule has 11 rings (SSSR count). The zero-order valence-electron chi connectivity index (χ0n) is 37.7. The molecule has 350 valence electrons. The predicted molar refractivity (Wildman–Crippen MR) is 252 cm³/mol. The minimum absolute atomic E-state index is 0.00988. The van der Waals surface area contributed by atoms with Crippen LogP contribution in [0.5, 0.6) is 0 Å². The first-order valence-corrected chi connectivity index (χ1v) is 23.8. The molecule has 0 unspecified atom stereocenters. The van der Waals surface area contributed by atoms with Crippen molar-refractivity contribution in [3.05, 3.63) is 102 Å². The van der Waals surface area contributed by atoms with E-state index in [1.165, 1.54) is 5.69 Å². The van der Waals surface area contributed by atoms with Gasteiger partial charge in [-0.1, -0.05) is 30.3 Å². The highest BCUT2D eigenvalue weighted by Crippen LogP contribution is 2.51. The van der Waals surface area contributed by atoms with Gasteiger partial charge in [-0.2, -0.15) is 0 Å². The highest BCUT2D eigenvalue weighted by Gasteiger charge is 2.49. The molecule has 0 radical (unpaired) electrons. The van der Waals surface area contributed by atoms with Crippen molar-refractivity contribution < 1.29 is 28.8 Å². The van der Waals surface area contributed by atoms with Gasteiger partial charge < -0.3 is 30.3 Å². The first-order valence-electron chi connectivity index (χ1n) is 23.8. The van der Waals surface area contributed by atoms with E-state index >= 15 is 0 Å². The summed E-state index contributed by atoms with van der Waals surface area (Å²) in [6.45, 7) is 5.44. The van der Waals surface area contributed by atoms with E-state index in [4.69, 9.17) is 4.98 Å². The summed E-state index contributed by atoms with van der Waals surface area (Å²) in [4.78, 5) is 97.9. The second-order valence-electron chi connectivity index (χ2n) is 19.3. The van der Waals surface area contributed by atoms with Crippen LogP contribution in [-0.4, -0.2) is 134 Å². The molecule has 6 amide bonds. The average molecular weight is 919 g/mol. The Bertz CT molecular complexity index is 2790. The first kappa shape index (κ1) is 43.4. The van der Waals surface area contributed by atoms with Crippen LogP contribution in [0.4, 0.5) is 22.9 Å². The van der Waals surface area contributed by atoms with Gasteiger partial charge in [-0.25, -0.2) is 15.0 Å². The van der Waals surface area contributed by atoms with E-state index in [2.05, 4.69) is 69.9 Å². The van der Waals surface area contributed by atoms with Crippen LogP contribution in [0.3, 0.4) is 0 Å². The molecule has 6 heterocycles. The standard InChI is InChI=1S/C50H54N12O6/c63-41-13-12-40(47(66)57-41)62-48(67)38-11-8-33(25-39(38)49(62)68)51-28-43(65)60-16-14-50(15-17-60)26-37(27-50)59-20-18-58(19-21-59)35-9-6-32(7-10-35)56-45-44-46(53-29-52-45)61(30-54-44)36-23-34(24-36)55-42(64)22-31-4-2-1-3-5-31/h1-11,25,29-30,34,36-37,40,51H,12-24,26-28H2,(H,55,64)(H,52,53,56)(H,57,63,66)/t34?,36?,40-/m0/s1. The number of imidazole rings is 1. The van der Waals surface area contributed by atoms with Gasteiger partial charge >= 0.3 is 0 Å². The van der Waals surface area contributed by atoms with E-state index in [9.17, 15) is 28.8 Å². The molecule has 4 aliphatic heterocycles. The monoisotopic (exact) mass is 918 g/mol. The number of hydrogen-bond donors (Lipinski definition) is 4. The summed E-state index contributed by atoms with van der Waals surface area (Å²) in [5.74, 6) is -1.51. The molecule has 68 heavy (non-hydrogen) atoms. The van der Waals surface area contributed by atoms with Gasteiger partial charge in [0.05, 0.1) is 30.4 Å². The summed E-state index contributed by atoms with van der Waals surface area (Å²) in [5.41, 5.74) is 5.82. The van der Waals surface area contributed by atoms with Crippen LogP contribution in [0.15, 0.2) is 85.5 Å². The number of likely N-dealkylation sites (tertiary alicyclic amines) is 1. The third-order valence-corrected chi connectivity index (χ3v) is 15.2. The Balaban J connectivity index is 0.604. The highest BCUT2D eigenvalue weighted by atomic mass is 16.2. The van der Waals surface area contributed by atoms with Crippen molar-refractivity contribution in [3.8, 4) is 0 Å². The molecule has 4 N–H and O–H groups in total. The normalized spacial score (nSPS) is 22.7. The van der Waals surface area contributed by atoms with Gasteiger partial charge in [0.2, 0.25) is 23.6 Å². The van der Waals surface area contributed by atoms with Crippen molar-refractivity contribution >= 4 is 69.5 Å². The lowest BCUT2D eigenvalue weighted by atomic mass is 9.60. The number of nitrogens with zero attached hydrogens (tertiary/aromatic N) is 8. The van der Waals surface area contributed by atoms with E-state index in [-0.39, 0.29) is 59.8 Å². The summed E-state index contributed by atoms with van der Waals surface area (Å²) < 4.78 is 2.10. The lowest BCUT2D eigenvalue weighted by Gasteiger charge is -2.56. The molecule has 3 saturated heterocycles. The molecular weight excluding hydrogens is 865 g/mol. The number of amides is 6. The quantitative estimate of drug-likeness (QED) is 0.131. The number of hydrogen-bond acceptors (Lipinski definition) is 13. The Kier molecular flexibility index (Phi) is 11.3. The fourth-order valence-electron chi connectivity index (χ4n) is 11.1. The van der Waals surface area contributed by atoms with Gasteiger partial charge in [0.1, 0.15) is 12.4 Å². The Hall–Kier alpha value is -7.21. The lowest BCUT2D eigenvalue weighted by Crippen LogP contribution is -2.59. The van der Waals surface area contributed by atoms with E-state index in [1.807, 2.05) is 41.6 Å². The molecule has 5 fully saturated rings.